The Hall–Kier alpha value is -2.73. The molecule has 0 aliphatic carbocycles. The first-order chi connectivity index (χ1) is 16.6. The number of benzene rings is 1. The van der Waals surface area contributed by atoms with E-state index in [0.717, 1.165) is 5.56 Å². The lowest BCUT2D eigenvalue weighted by molar-refractivity contribution is 0.0400. The second-order valence-electron chi connectivity index (χ2n) is 8.16. The summed E-state index contributed by atoms with van der Waals surface area (Å²) in [5.41, 5.74) is 0.913. The molecule has 0 bridgehead atoms. The third-order valence-corrected chi connectivity index (χ3v) is 4.40. The number of hydrogen-bond acceptors (Lipinski definition) is 9. The van der Waals surface area contributed by atoms with E-state index in [2.05, 4.69) is 30.9 Å². The van der Waals surface area contributed by atoms with Gasteiger partial charge in [0.05, 0.1) is 26.4 Å². The van der Waals surface area contributed by atoms with Crippen LogP contribution in [-0.2, 0) is 20.8 Å². The van der Waals surface area contributed by atoms with Crippen LogP contribution in [0.25, 0.3) is 0 Å². The van der Waals surface area contributed by atoms with Gasteiger partial charge in [-0.3, -0.25) is 4.79 Å². The first kappa shape index (κ1) is 28.5. The molecule has 2 amide bonds. The summed E-state index contributed by atoms with van der Waals surface area (Å²) in [5, 5.41) is 8.40. The van der Waals surface area contributed by atoms with Crippen molar-refractivity contribution in [3.05, 3.63) is 46.0 Å². The van der Waals surface area contributed by atoms with E-state index in [4.69, 9.17) is 37.4 Å². The number of rotatable bonds is 13. The summed E-state index contributed by atoms with van der Waals surface area (Å²) >= 11 is 11.5. The maximum absolute atomic E-state index is 12.3. The average Bonchev–Trinajstić information content (AvgIpc) is 2.77. The topological polar surface area (TPSA) is 137 Å². The molecule has 0 unspecified atom stereocenters. The van der Waals surface area contributed by atoms with Gasteiger partial charge in [-0.2, -0.15) is 15.0 Å². The van der Waals surface area contributed by atoms with Crippen molar-refractivity contribution in [1.29, 1.82) is 0 Å². The number of hydrogen-bond donors (Lipinski definition) is 3. The smallest absolute Gasteiger partial charge is 0.407 e. The van der Waals surface area contributed by atoms with Crippen molar-refractivity contribution in [3.8, 4) is 0 Å². The van der Waals surface area contributed by atoms with Gasteiger partial charge in [0.25, 0.3) is 5.91 Å². The highest BCUT2D eigenvalue weighted by Crippen LogP contribution is 2.11. The Morgan fingerprint density at radius 2 is 1.43 bits per heavy atom. The van der Waals surface area contributed by atoms with Crippen molar-refractivity contribution in [2.75, 3.05) is 44.8 Å². The predicted molar refractivity (Wildman–Crippen MR) is 132 cm³/mol. The highest BCUT2D eigenvalue weighted by molar-refractivity contribution is 6.31. The fourth-order valence-corrected chi connectivity index (χ4v) is 2.92. The molecular formula is C22H30Cl2N6O5. The number of carbonyl (C=O) groups excluding carboxylic acids is 2. The number of anilines is 1. The van der Waals surface area contributed by atoms with E-state index < -0.39 is 11.7 Å². The van der Waals surface area contributed by atoms with E-state index in [-0.39, 0.29) is 22.4 Å². The lowest BCUT2D eigenvalue weighted by Crippen LogP contribution is -2.34. The number of halogens is 2. The average molecular weight is 529 g/mol. The van der Waals surface area contributed by atoms with Crippen molar-refractivity contribution in [2.45, 2.75) is 32.9 Å². The molecule has 13 heteroatoms. The van der Waals surface area contributed by atoms with Gasteiger partial charge in [0, 0.05) is 25.2 Å². The van der Waals surface area contributed by atoms with Crippen LogP contribution in [0.15, 0.2) is 24.3 Å². The van der Waals surface area contributed by atoms with Gasteiger partial charge in [-0.05, 0) is 61.7 Å². The van der Waals surface area contributed by atoms with Crippen molar-refractivity contribution in [3.63, 3.8) is 0 Å². The van der Waals surface area contributed by atoms with Crippen LogP contribution in [-0.4, -0.2) is 72.1 Å². The Morgan fingerprint density at radius 1 is 0.857 bits per heavy atom. The fourth-order valence-electron chi connectivity index (χ4n) is 2.56. The molecule has 2 rings (SSSR count). The lowest BCUT2D eigenvalue weighted by Gasteiger charge is -2.19. The quantitative estimate of drug-likeness (QED) is 0.335. The maximum Gasteiger partial charge on any atom is 0.407 e. The van der Waals surface area contributed by atoms with E-state index in [1.165, 1.54) is 0 Å². The molecule has 0 saturated heterocycles. The molecule has 192 valence electrons. The van der Waals surface area contributed by atoms with Gasteiger partial charge in [-0.15, -0.1) is 0 Å². The second-order valence-corrected chi connectivity index (χ2v) is 8.83. The molecule has 2 aromatic rings. The molecule has 0 aliphatic rings. The minimum Gasteiger partial charge on any atom is -0.444 e. The summed E-state index contributed by atoms with van der Waals surface area (Å²) in [6, 6.07) is 7.08. The molecule has 35 heavy (non-hydrogen) atoms. The molecule has 11 nitrogen and oxygen atoms in total. The molecule has 1 aromatic carbocycles. The maximum atomic E-state index is 12.3. The van der Waals surface area contributed by atoms with E-state index in [9.17, 15) is 9.59 Å². The van der Waals surface area contributed by atoms with Crippen molar-refractivity contribution < 1.29 is 23.8 Å². The Labute approximate surface area is 214 Å². The van der Waals surface area contributed by atoms with Crippen LogP contribution < -0.4 is 16.0 Å². The summed E-state index contributed by atoms with van der Waals surface area (Å²) < 4.78 is 15.9. The van der Waals surface area contributed by atoms with Gasteiger partial charge in [0.2, 0.25) is 16.5 Å². The van der Waals surface area contributed by atoms with Crippen LogP contribution in [0, 0.1) is 0 Å². The van der Waals surface area contributed by atoms with Crippen LogP contribution >= 0.6 is 23.2 Å². The van der Waals surface area contributed by atoms with E-state index >= 15 is 0 Å². The van der Waals surface area contributed by atoms with Crippen molar-refractivity contribution >= 4 is 41.2 Å². The molecule has 3 N–H and O–H groups in total. The summed E-state index contributed by atoms with van der Waals surface area (Å²) in [6.07, 6.45) is -0.477. The van der Waals surface area contributed by atoms with Gasteiger partial charge < -0.3 is 30.2 Å². The number of nitrogens with one attached hydrogen (secondary N) is 3. The van der Waals surface area contributed by atoms with Crippen LogP contribution in [0.4, 0.5) is 10.7 Å². The molecule has 0 fully saturated rings. The van der Waals surface area contributed by atoms with Gasteiger partial charge in [-0.25, -0.2) is 4.79 Å². The van der Waals surface area contributed by atoms with Gasteiger partial charge in [0.1, 0.15) is 5.60 Å². The highest BCUT2D eigenvalue weighted by Gasteiger charge is 2.15. The Kier molecular flexibility index (Phi) is 11.9. The first-order valence-electron chi connectivity index (χ1n) is 10.9. The fraction of sp³-hybridized carbons (Fsp3) is 0.500. The number of alkyl carbamates (subject to hydrolysis) is 1. The molecule has 0 saturated carbocycles. The lowest BCUT2D eigenvalue weighted by atomic mass is 10.1. The number of carbonyl (C=O) groups is 2. The molecule has 0 spiro atoms. The van der Waals surface area contributed by atoms with Crippen LogP contribution in [0.5, 0.6) is 0 Å². The Morgan fingerprint density at radius 3 is 2.00 bits per heavy atom. The Bertz CT molecular complexity index is 936. The molecule has 1 heterocycles. The molecule has 0 radical (unpaired) electrons. The summed E-state index contributed by atoms with van der Waals surface area (Å²) in [5.74, 6) is 0.0632. The first-order valence-corrected chi connectivity index (χ1v) is 11.7. The Balaban J connectivity index is 1.53. The van der Waals surface area contributed by atoms with E-state index in [0.29, 0.717) is 51.6 Å². The third-order valence-electron chi connectivity index (χ3n) is 4.07. The molecule has 0 atom stereocenters. The minimum atomic E-state index is -0.531. The van der Waals surface area contributed by atoms with Gasteiger partial charge in [0.15, 0.2) is 0 Å². The van der Waals surface area contributed by atoms with Crippen LogP contribution in [0.1, 0.15) is 36.7 Å². The van der Waals surface area contributed by atoms with Crippen LogP contribution in [0.3, 0.4) is 0 Å². The summed E-state index contributed by atoms with van der Waals surface area (Å²) in [7, 11) is 0. The largest absolute Gasteiger partial charge is 0.444 e. The zero-order valence-corrected chi connectivity index (χ0v) is 21.4. The third kappa shape index (κ3) is 12.5. The van der Waals surface area contributed by atoms with Crippen molar-refractivity contribution in [2.24, 2.45) is 0 Å². The number of amides is 2. The van der Waals surface area contributed by atoms with Gasteiger partial charge >= 0.3 is 6.09 Å². The number of nitrogens with zero attached hydrogens (tertiary/aromatic N) is 3. The monoisotopic (exact) mass is 528 g/mol. The minimum absolute atomic E-state index is 0.00335. The molecule has 0 aliphatic heterocycles. The standard InChI is InChI=1S/C22H30Cl2N6O5/c1-22(2,3)35-21(32)26-9-11-34-13-12-33-10-8-25-17(31)16-6-4-15(5-7-16)14-27-20-29-18(23)28-19(24)30-20/h4-7H,8-14H2,1-3H3,(H,25,31)(H,26,32)(H,27,28,29,30). The van der Waals surface area contributed by atoms with Gasteiger partial charge in [-0.1, -0.05) is 12.1 Å². The predicted octanol–water partition coefficient (Wildman–Crippen LogP) is 3.08. The zero-order valence-electron chi connectivity index (χ0n) is 19.9. The summed E-state index contributed by atoms with van der Waals surface area (Å²) in [4.78, 5) is 35.3. The number of aromatic nitrogens is 3. The van der Waals surface area contributed by atoms with E-state index in [1.54, 1.807) is 32.9 Å². The van der Waals surface area contributed by atoms with Crippen LogP contribution in [0.2, 0.25) is 10.6 Å². The van der Waals surface area contributed by atoms with Crippen molar-refractivity contribution in [1.82, 2.24) is 25.6 Å². The molecular weight excluding hydrogens is 499 g/mol. The number of ether oxygens (including phenoxy) is 3. The SMILES string of the molecule is CC(C)(C)OC(=O)NCCOCCOCCNC(=O)c1ccc(CNc2nc(Cl)nc(Cl)n2)cc1. The molecule has 1 aromatic heterocycles. The summed E-state index contributed by atoms with van der Waals surface area (Å²) in [6.45, 7) is 7.99. The zero-order chi connectivity index (χ0) is 25.7. The normalized spacial score (nSPS) is 11.1. The highest BCUT2D eigenvalue weighted by atomic mass is 35.5. The van der Waals surface area contributed by atoms with E-state index in [1.807, 2.05) is 12.1 Å². The second kappa shape index (κ2) is 14.6.